The van der Waals surface area contributed by atoms with Crippen LogP contribution in [0.25, 0.3) is 0 Å². The number of carbonyl (C=O) groups is 1. The van der Waals surface area contributed by atoms with Crippen molar-refractivity contribution in [2.75, 3.05) is 0 Å². The second-order valence-corrected chi connectivity index (χ2v) is 4.28. The normalized spacial score (nSPS) is 20.8. The summed E-state index contributed by atoms with van der Waals surface area (Å²) in [5.74, 6) is 0.101. The molecule has 0 spiro atoms. The van der Waals surface area contributed by atoms with Crippen LogP contribution >= 0.6 is 11.6 Å². The van der Waals surface area contributed by atoms with Crippen LogP contribution in [-0.4, -0.2) is 17.3 Å². The summed E-state index contributed by atoms with van der Waals surface area (Å²) < 4.78 is 0. The molecule has 1 unspecified atom stereocenters. The highest BCUT2D eigenvalue weighted by Crippen LogP contribution is 2.17. The summed E-state index contributed by atoms with van der Waals surface area (Å²) in [7, 11) is 0. The molecule has 70 valence electrons. The second kappa shape index (κ2) is 4.70. The summed E-state index contributed by atoms with van der Waals surface area (Å²) in [6.07, 6.45) is 5.23. The molecule has 0 aromatic carbocycles. The van der Waals surface area contributed by atoms with Crippen molar-refractivity contribution in [2.24, 2.45) is 0 Å². The molecule has 12 heavy (non-hydrogen) atoms. The zero-order valence-corrected chi connectivity index (χ0v) is 8.23. The molecule has 1 amide bonds. The summed E-state index contributed by atoms with van der Waals surface area (Å²) in [5.41, 5.74) is 0. The van der Waals surface area contributed by atoms with Crippen molar-refractivity contribution >= 4 is 17.5 Å². The first-order valence-electron chi connectivity index (χ1n) is 4.62. The Balaban J connectivity index is 2.16. The van der Waals surface area contributed by atoms with Gasteiger partial charge in [-0.05, 0) is 19.8 Å². The van der Waals surface area contributed by atoms with Crippen LogP contribution in [0.1, 0.15) is 39.0 Å². The number of carbonyl (C=O) groups excluding carboxylic acids is 1. The molecular weight excluding hydrogens is 174 g/mol. The molecule has 0 aliphatic heterocycles. The molecular formula is C9H16ClNO. The molecule has 3 heteroatoms. The number of rotatable bonds is 3. The SMILES string of the molecule is CC(Cl)CC(=O)NC1CCCC1. The van der Waals surface area contributed by atoms with Crippen molar-refractivity contribution in [3.05, 3.63) is 0 Å². The lowest BCUT2D eigenvalue weighted by atomic mass is 10.2. The molecule has 0 heterocycles. The standard InChI is InChI=1S/C9H16ClNO/c1-7(10)6-9(12)11-8-4-2-3-5-8/h7-8H,2-6H2,1H3,(H,11,12). The number of halogens is 1. The molecule has 2 nitrogen and oxygen atoms in total. The number of nitrogens with one attached hydrogen (secondary N) is 1. The van der Waals surface area contributed by atoms with Gasteiger partial charge in [-0.15, -0.1) is 11.6 Å². The highest BCUT2D eigenvalue weighted by Gasteiger charge is 2.17. The Morgan fingerprint density at radius 2 is 2.17 bits per heavy atom. The van der Waals surface area contributed by atoms with Crippen molar-refractivity contribution in [1.82, 2.24) is 5.32 Å². The average molecular weight is 190 g/mol. The molecule has 1 aliphatic carbocycles. The van der Waals surface area contributed by atoms with E-state index in [-0.39, 0.29) is 11.3 Å². The first kappa shape index (κ1) is 9.85. The third-order valence-electron chi connectivity index (χ3n) is 2.19. The van der Waals surface area contributed by atoms with E-state index in [9.17, 15) is 4.79 Å². The monoisotopic (exact) mass is 189 g/mol. The third kappa shape index (κ3) is 3.44. The Bertz CT molecular complexity index is 153. The lowest BCUT2D eigenvalue weighted by molar-refractivity contribution is -0.121. The topological polar surface area (TPSA) is 29.1 Å². The maximum absolute atomic E-state index is 11.2. The van der Waals surface area contributed by atoms with Gasteiger partial charge in [0.1, 0.15) is 0 Å². The van der Waals surface area contributed by atoms with Crippen LogP contribution in [0, 0.1) is 0 Å². The summed E-state index contributed by atoms with van der Waals surface area (Å²) >= 11 is 5.70. The average Bonchev–Trinajstić information content (AvgIpc) is 2.37. The minimum Gasteiger partial charge on any atom is -0.353 e. The number of hydrogen-bond donors (Lipinski definition) is 1. The fraction of sp³-hybridized carbons (Fsp3) is 0.889. The Hall–Kier alpha value is -0.240. The number of alkyl halides is 1. The van der Waals surface area contributed by atoms with Crippen LogP contribution in [0.15, 0.2) is 0 Å². The van der Waals surface area contributed by atoms with Crippen LogP contribution in [0.4, 0.5) is 0 Å². The van der Waals surface area contributed by atoms with Gasteiger partial charge in [-0.25, -0.2) is 0 Å². The van der Waals surface area contributed by atoms with E-state index in [2.05, 4.69) is 5.32 Å². The fourth-order valence-electron chi connectivity index (χ4n) is 1.61. The first-order valence-corrected chi connectivity index (χ1v) is 5.05. The molecule has 1 N–H and O–H groups in total. The van der Waals surface area contributed by atoms with E-state index in [1.165, 1.54) is 12.8 Å². The summed E-state index contributed by atoms with van der Waals surface area (Å²) in [6, 6.07) is 0.424. The van der Waals surface area contributed by atoms with E-state index in [4.69, 9.17) is 11.6 Å². The van der Waals surface area contributed by atoms with Gasteiger partial charge in [-0.1, -0.05) is 12.8 Å². The minimum atomic E-state index is -0.0496. The summed E-state index contributed by atoms with van der Waals surface area (Å²) in [5, 5.41) is 2.94. The smallest absolute Gasteiger partial charge is 0.221 e. The van der Waals surface area contributed by atoms with Gasteiger partial charge < -0.3 is 5.32 Å². The second-order valence-electron chi connectivity index (χ2n) is 3.53. The van der Waals surface area contributed by atoms with Crippen molar-refractivity contribution in [3.63, 3.8) is 0 Å². The van der Waals surface area contributed by atoms with Crippen molar-refractivity contribution in [3.8, 4) is 0 Å². The largest absolute Gasteiger partial charge is 0.353 e. The molecule has 1 atom stereocenters. The van der Waals surface area contributed by atoms with E-state index < -0.39 is 0 Å². The van der Waals surface area contributed by atoms with Crippen LogP contribution in [-0.2, 0) is 4.79 Å². The lowest BCUT2D eigenvalue weighted by Gasteiger charge is -2.11. The van der Waals surface area contributed by atoms with Gasteiger partial charge in [0.05, 0.1) is 0 Å². The molecule has 0 bridgehead atoms. The number of amides is 1. The zero-order chi connectivity index (χ0) is 8.97. The third-order valence-corrected chi connectivity index (χ3v) is 2.34. The molecule has 1 aliphatic rings. The van der Waals surface area contributed by atoms with Crippen molar-refractivity contribution in [1.29, 1.82) is 0 Å². The van der Waals surface area contributed by atoms with Gasteiger partial charge in [0, 0.05) is 17.8 Å². The molecule has 0 aromatic rings. The first-order chi connectivity index (χ1) is 5.68. The van der Waals surface area contributed by atoms with Crippen molar-refractivity contribution in [2.45, 2.75) is 50.4 Å². The van der Waals surface area contributed by atoms with E-state index in [0.29, 0.717) is 12.5 Å². The Morgan fingerprint density at radius 3 is 2.67 bits per heavy atom. The van der Waals surface area contributed by atoms with Gasteiger partial charge >= 0.3 is 0 Å². The van der Waals surface area contributed by atoms with Gasteiger partial charge in [-0.2, -0.15) is 0 Å². The van der Waals surface area contributed by atoms with E-state index in [1.54, 1.807) is 0 Å². The van der Waals surface area contributed by atoms with E-state index in [1.807, 2.05) is 6.92 Å². The van der Waals surface area contributed by atoms with Crippen LogP contribution in [0.2, 0.25) is 0 Å². The summed E-state index contributed by atoms with van der Waals surface area (Å²) in [6.45, 7) is 1.84. The van der Waals surface area contributed by atoms with Crippen LogP contribution in [0.3, 0.4) is 0 Å². The Kier molecular flexibility index (Phi) is 3.86. The zero-order valence-electron chi connectivity index (χ0n) is 7.48. The van der Waals surface area contributed by atoms with E-state index >= 15 is 0 Å². The highest BCUT2D eigenvalue weighted by molar-refractivity contribution is 6.21. The fourth-order valence-corrected chi connectivity index (χ4v) is 1.75. The van der Waals surface area contributed by atoms with Crippen LogP contribution < -0.4 is 5.32 Å². The van der Waals surface area contributed by atoms with Gasteiger partial charge in [0.25, 0.3) is 0 Å². The predicted octanol–water partition coefficient (Wildman–Crippen LogP) is 2.06. The van der Waals surface area contributed by atoms with Crippen molar-refractivity contribution < 1.29 is 4.79 Å². The lowest BCUT2D eigenvalue weighted by Crippen LogP contribution is -2.33. The van der Waals surface area contributed by atoms with Gasteiger partial charge in [-0.3, -0.25) is 4.79 Å². The maximum Gasteiger partial charge on any atom is 0.221 e. The van der Waals surface area contributed by atoms with E-state index in [0.717, 1.165) is 12.8 Å². The van der Waals surface area contributed by atoms with Gasteiger partial charge in [0.2, 0.25) is 5.91 Å². The summed E-state index contributed by atoms with van der Waals surface area (Å²) in [4.78, 5) is 11.2. The molecule has 1 rings (SSSR count). The molecule has 0 aromatic heterocycles. The molecule has 0 saturated heterocycles. The maximum atomic E-state index is 11.2. The predicted molar refractivity (Wildman–Crippen MR) is 50.3 cm³/mol. The number of hydrogen-bond acceptors (Lipinski definition) is 1. The molecule has 1 saturated carbocycles. The quantitative estimate of drug-likeness (QED) is 0.677. The molecule has 1 fully saturated rings. The van der Waals surface area contributed by atoms with Gasteiger partial charge in [0.15, 0.2) is 0 Å². The molecule has 0 radical (unpaired) electrons. The highest BCUT2D eigenvalue weighted by atomic mass is 35.5. The Morgan fingerprint density at radius 1 is 1.58 bits per heavy atom. The minimum absolute atomic E-state index is 0.0496. The van der Waals surface area contributed by atoms with Crippen LogP contribution in [0.5, 0.6) is 0 Å². The Labute approximate surface area is 78.7 Å².